The molecule has 35 heavy (non-hydrogen) atoms. The van der Waals surface area contributed by atoms with E-state index in [0.29, 0.717) is 11.3 Å². The van der Waals surface area contributed by atoms with E-state index in [9.17, 15) is 9.59 Å². The van der Waals surface area contributed by atoms with Crippen molar-refractivity contribution in [2.75, 3.05) is 30.4 Å². The van der Waals surface area contributed by atoms with E-state index in [-0.39, 0.29) is 0 Å². The monoisotopic (exact) mass is 480 g/mol. The van der Waals surface area contributed by atoms with E-state index in [1.807, 2.05) is 42.5 Å². The molecule has 0 aromatic heterocycles. The van der Waals surface area contributed by atoms with Gasteiger partial charge >= 0.3 is 12.0 Å². The topological polar surface area (TPSA) is 103 Å². The molecule has 0 heterocycles. The Morgan fingerprint density at radius 2 is 1.71 bits per heavy atom. The van der Waals surface area contributed by atoms with E-state index < -0.39 is 12.0 Å². The first-order valence-electron chi connectivity index (χ1n) is 11.9. The number of hydrazone groups is 1. The third kappa shape index (κ3) is 9.16. The van der Waals surface area contributed by atoms with Crippen LogP contribution in [0.15, 0.2) is 53.6 Å². The number of nitrogens with one attached hydrogen (secondary N) is 2. The number of nitrogens with zero attached hydrogens (tertiary/aromatic N) is 2. The van der Waals surface area contributed by atoms with Gasteiger partial charge in [0.15, 0.2) is 0 Å². The first-order chi connectivity index (χ1) is 16.9. The van der Waals surface area contributed by atoms with Crippen molar-refractivity contribution in [3.8, 4) is 5.75 Å². The molecule has 2 rings (SSSR count). The number of rotatable bonds is 13. The fourth-order valence-electron chi connectivity index (χ4n) is 3.48. The number of amides is 2. The summed E-state index contributed by atoms with van der Waals surface area (Å²) in [5, 5.41) is 16.1. The number of hydrogen-bond acceptors (Lipinski definition) is 5. The van der Waals surface area contributed by atoms with E-state index in [2.05, 4.69) is 34.6 Å². The van der Waals surface area contributed by atoms with Crippen molar-refractivity contribution in [2.24, 2.45) is 5.10 Å². The summed E-state index contributed by atoms with van der Waals surface area (Å²) < 4.78 is 5.14. The van der Waals surface area contributed by atoms with Gasteiger partial charge in [0.05, 0.1) is 24.7 Å². The zero-order valence-corrected chi connectivity index (χ0v) is 21.0. The lowest BCUT2D eigenvalue weighted by Gasteiger charge is -2.27. The molecule has 0 spiro atoms. The number of carboxylic acid groups (broad SMARTS) is 1. The second kappa shape index (κ2) is 14.5. The van der Waals surface area contributed by atoms with Crippen LogP contribution in [0.25, 0.3) is 5.57 Å². The van der Waals surface area contributed by atoms with Crippen molar-refractivity contribution < 1.29 is 19.4 Å². The second-order valence-corrected chi connectivity index (χ2v) is 8.19. The molecule has 0 aliphatic carbocycles. The highest BCUT2D eigenvalue weighted by atomic mass is 16.5. The Morgan fingerprint density at radius 1 is 1.06 bits per heavy atom. The van der Waals surface area contributed by atoms with Crippen molar-refractivity contribution in [2.45, 2.75) is 46.5 Å². The number of methoxy groups -OCH3 is 1. The highest BCUT2D eigenvalue weighted by Crippen LogP contribution is 2.30. The number of carbonyl (C=O) groups is 2. The summed E-state index contributed by atoms with van der Waals surface area (Å²) in [6.45, 7) is 7.76. The fraction of sp³-hybridized carbons (Fsp3) is 0.370. The number of anilines is 2. The molecule has 8 heteroatoms. The minimum absolute atomic E-state index is 0.487. The summed E-state index contributed by atoms with van der Waals surface area (Å²) in [7, 11) is 1.60. The zero-order valence-electron chi connectivity index (χ0n) is 21.0. The Hall–Kier alpha value is -3.81. The summed E-state index contributed by atoms with van der Waals surface area (Å²) in [5.74, 6) is -0.276. The van der Waals surface area contributed by atoms with Gasteiger partial charge in [0, 0.05) is 19.2 Å². The fourth-order valence-corrected chi connectivity index (χ4v) is 3.48. The van der Waals surface area contributed by atoms with Gasteiger partial charge in [-0.3, -0.25) is 0 Å². The van der Waals surface area contributed by atoms with Gasteiger partial charge in [-0.2, -0.15) is 5.10 Å². The number of carboxylic acids is 1. The van der Waals surface area contributed by atoms with Crippen LogP contribution in [0, 0.1) is 0 Å². The van der Waals surface area contributed by atoms with Crippen molar-refractivity contribution in [3.05, 3.63) is 59.7 Å². The van der Waals surface area contributed by atoms with Crippen LogP contribution in [-0.4, -0.2) is 43.5 Å². The van der Waals surface area contributed by atoms with E-state index >= 15 is 0 Å². The van der Waals surface area contributed by atoms with E-state index in [4.69, 9.17) is 9.84 Å². The molecule has 188 valence electrons. The van der Waals surface area contributed by atoms with Crippen LogP contribution in [0.3, 0.4) is 0 Å². The molecular formula is C27H36N4O4. The van der Waals surface area contributed by atoms with Crippen molar-refractivity contribution >= 4 is 35.2 Å². The van der Waals surface area contributed by atoms with Gasteiger partial charge in [-0.15, -0.1) is 0 Å². The predicted octanol–water partition coefficient (Wildman–Crippen LogP) is 5.75. The van der Waals surface area contributed by atoms with E-state index in [0.717, 1.165) is 67.4 Å². The van der Waals surface area contributed by atoms with Crippen LogP contribution in [0.5, 0.6) is 5.75 Å². The molecule has 3 N–H and O–H groups in total. The Bertz CT molecular complexity index is 1020. The van der Waals surface area contributed by atoms with Gasteiger partial charge in [-0.05, 0) is 72.9 Å². The quantitative estimate of drug-likeness (QED) is 0.193. The summed E-state index contributed by atoms with van der Waals surface area (Å²) in [6, 6.07) is 12.4. The first-order valence-corrected chi connectivity index (χ1v) is 11.9. The number of urea groups is 1. The second-order valence-electron chi connectivity index (χ2n) is 8.19. The van der Waals surface area contributed by atoms with E-state index in [1.165, 1.54) is 0 Å². The van der Waals surface area contributed by atoms with Gasteiger partial charge in [-0.1, -0.05) is 32.8 Å². The van der Waals surface area contributed by atoms with Crippen LogP contribution in [0.2, 0.25) is 0 Å². The number of ether oxygens (including phenoxy) is 1. The third-order valence-electron chi connectivity index (χ3n) is 5.44. The summed E-state index contributed by atoms with van der Waals surface area (Å²) >= 11 is 0. The lowest BCUT2D eigenvalue weighted by molar-refractivity contribution is -0.131. The average Bonchev–Trinajstić information content (AvgIpc) is 2.84. The predicted molar refractivity (Wildman–Crippen MR) is 143 cm³/mol. The number of aliphatic carboxylic acids is 1. The minimum Gasteiger partial charge on any atom is -0.497 e. The zero-order chi connectivity index (χ0) is 25.6. The number of carbonyl (C=O) groups excluding carboxylic acids is 1. The largest absolute Gasteiger partial charge is 0.497 e. The molecule has 0 saturated carbocycles. The lowest BCUT2D eigenvalue weighted by atomic mass is 10.0. The standard InChI is InChI=1S/C27H36N4O4/c1-5-7-15-31(16-8-6-2)25-14-11-22(20(3)17-26(32)33)18-24(25)29-27(34)30-28-19-21-9-12-23(35-4)13-10-21/h9-14,17-19H,5-8,15-16H2,1-4H3,(H,32,33)(H2,29,30,34)/b20-17+,28-19+. The number of unbranched alkanes of at least 4 members (excludes halogenated alkanes) is 2. The van der Waals surface area contributed by atoms with Gasteiger partial charge in [0.2, 0.25) is 0 Å². The minimum atomic E-state index is -1.01. The van der Waals surface area contributed by atoms with Crippen molar-refractivity contribution in [3.63, 3.8) is 0 Å². The number of benzene rings is 2. The van der Waals surface area contributed by atoms with Crippen LogP contribution >= 0.6 is 0 Å². The highest BCUT2D eigenvalue weighted by Gasteiger charge is 2.15. The molecule has 0 unspecified atom stereocenters. The highest BCUT2D eigenvalue weighted by molar-refractivity contribution is 5.96. The summed E-state index contributed by atoms with van der Waals surface area (Å²) in [5.41, 5.74) is 6.13. The summed E-state index contributed by atoms with van der Waals surface area (Å²) in [6.07, 6.45) is 6.88. The maximum absolute atomic E-state index is 12.7. The molecule has 0 bridgehead atoms. The molecule has 0 aliphatic rings. The van der Waals surface area contributed by atoms with Crippen LogP contribution < -0.4 is 20.4 Å². The SMILES string of the molecule is CCCCN(CCCC)c1ccc(/C(C)=C/C(=O)O)cc1NC(=O)N/N=C/c1ccc(OC)cc1. The van der Waals surface area contributed by atoms with Gasteiger partial charge in [0.1, 0.15) is 5.75 Å². The molecule has 8 nitrogen and oxygen atoms in total. The van der Waals surface area contributed by atoms with Crippen LogP contribution in [0.1, 0.15) is 57.6 Å². The van der Waals surface area contributed by atoms with E-state index in [1.54, 1.807) is 20.2 Å². The number of hydrogen-bond donors (Lipinski definition) is 3. The molecule has 0 fully saturated rings. The van der Waals surface area contributed by atoms with Gasteiger partial charge < -0.3 is 20.1 Å². The summed E-state index contributed by atoms with van der Waals surface area (Å²) in [4.78, 5) is 26.1. The molecule has 2 aromatic carbocycles. The van der Waals surface area contributed by atoms with Crippen molar-refractivity contribution in [1.29, 1.82) is 0 Å². The molecule has 0 atom stereocenters. The molecule has 0 aliphatic heterocycles. The third-order valence-corrected chi connectivity index (χ3v) is 5.44. The normalized spacial score (nSPS) is 11.4. The molecule has 2 amide bonds. The molecule has 0 saturated heterocycles. The molecular weight excluding hydrogens is 444 g/mol. The van der Waals surface area contributed by atoms with Gasteiger partial charge in [0.25, 0.3) is 0 Å². The maximum atomic E-state index is 12.7. The van der Waals surface area contributed by atoms with Gasteiger partial charge in [-0.25, -0.2) is 15.0 Å². The lowest BCUT2D eigenvalue weighted by Crippen LogP contribution is -2.29. The van der Waals surface area contributed by atoms with Crippen molar-refractivity contribution in [1.82, 2.24) is 5.43 Å². The van der Waals surface area contributed by atoms with Crippen LogP contribution in [-0.2, 0) is 4.79 Å². The Kier molecular flexibility index (Phi) is 11.3. The number of allylic oxidation sites excluding steroid dienone is 1. The first kappa shape index (κ1) is 27.4. The molecule has 0 radical (unpaired) electrons. The smallest absolute Gasteiger partial charge is 0.339 e. The Balaban J connectivity index is 2.27. The Morgan fingerprint density at radius 3 is 2.29 bits per heavy atom. The Labute approximate surface area is 207 Å². The molecule has 2 aromatic rings. The average molecular weight is 481 g/mol. The maximum Gasteiger partial charge on any atom is 0.339 e. The van der Waals surface area contributed by atoms with Crippen LogP contribution in [0.4, 0.5) is 16.2 Å².